The maximum Gasteiger partial charge on any atom is 0.231 e. The molecule has 94 valence electrons. The molecular formula is C10H17N5OS. The number of nitrogens with two attached hydrogens (primary N) is 1. The van der Waals surface area contributed by atoms with E-state index in [1.165, 1.54) is 0 Å². The van der Waals surface area contributed by atoms with Crippen LogP contribution in [0.3, 0.4) is 0 Å². The molecular weight excluding hydrogens is 238 g/mol. The van der Waals surface area contributed by atoms with E-state index in [2.05, 4.69) is 33.7 Å². The summed E-state index contributed by atoms with van der Waals surface area (Å²) in [5, 5.41) is 1.13. The van der Waals surface area contributed by atoms with Crippen molar-refractivity contribution in [1.29, 1.82) is 0 Å². The van der Waals surface area contributed by atoms with Crippen molar-refractivity contribution in [3.63, 3.8) is 0 Å². The van der Waals surface area contributed by atoms with Crippen LogP contribution in [0.2, 0.25) is 0 Å². The quantitative estimate of drug-likeness (QED) is 0.833. The molecule has 0 atom stereocenters. The van der Waals surface area contributed by atoms with E-state index in [0.717, 1.165) is 26.3 Å². The molecule has 0 unspecified atom stereocenters. The summed E-state index contributed by atoms with van der Waals surface area (Å²) in [6.45, 7) is 7.37. The largest absolute Gasteiger partial charge is 0.379 e. The van der Waals surface area contributed by atoms with Crippen LogP contribution in [0.5, 0.6) is 0 Å². The van der Waals surface area contributed by atoms with Crippen molar-refractivity contribution in [2.24, 2.45) is 0 Å². The Kier molecular flexibility index (Phi) is 4.01. The van der Waals surface area contributed by atoms with Gasteiger partial charge in [-0.2, -0.15) is 15.0 Å². The number of rotatable bonds is 5. The predicted octanol–water partition coefficient (Wildman–Crippen LogP) is 0.791. The van der Waals surface area contributed by atoms with Crippen molar-refractivity contribution < 1.29 is 4.74 Å². The van der Waals surface area contributed by atoms with E-state index in [-0.39, 0.29) is 5.95 Å². The third-order valence-electron chi connectivity index (χ3n) is 2.55. The molecule has 2 heterocycles. The first kappa shape index (κ1) is 12.4. The first-order valence-electron chi connectivity index (χ1n) is 5.73. The molecule has 0 aromatic carbocycles. The Morgan fingerprint density at radius 1 is 1.29 bits per heavy atom. The smallest absolute Gasteiger partial charge is 0.231 e. The van der Waals surface area contributed by atoms with Crippen LogP contribution in [0.25, 0.3) is 0 Å². The molecule has 17 heavy (non-hydrogen) atoms. The molecule has 0 spiro atoms. The summed E-state index contributed by atoms with van der Waals surface area (Å²) in [6, 6.07) is 0. The summed E-state index contributed by atoms with van der Waals surface area (Å²) >= 11 is 1.60. The normalized spacial score (nSPS) is 15.6. The third kappa shape index (κ3) is 2.98. The Bertz CT molecular complexity index is 381. The molecule has 1 aliphatic heterocycles. The SMILES string of the molecule is CCN(CC)c1nc(N)nc(SC2COC2)n1. The van der Waals surface area contributed by atoms with Gasteiger partial charge in [-0.05, 0) is 13.8 Å². The van der Waals surface area contributed by atoms with Crippen LogP contribution in [0, 0.1) is 0 Å². The minimum atomic E-state index is 0.282. The molecule has 1 fully saturated rings. The molecule has 2 N–H and O–H groups in total. The first-order valence-corrected chi connectivity index (χ1v) is 6.61. The van der Waals surface area contributed by atoms with Gasteiger partial charge in [-0.25, -0.2) is 0 Å². The van der Waals surface area contributed by atoms with Crippen LogP contribution in [0.4, 0.5) is 11.9 Å². The molecule has 0 aliphatic carbocycles. The highest BCUT2D eigenvalue weighted by Crippen LogP contribution is 2.26. The van der Waals surface area contributed by atoms with Crippen LogP contribution < -0.4 is 10.6 Å². The molecule has 0 saturated carbocycles. The number of ether oxygens (including phenoxy) is 1. The van der Waals surface area contributed by atoms with Gasteiger partial charge in [0, 0.05) is 13.1 Å². The topological polar surface area (TPSA) is 77.2 Å². The highest BCUT2D eigenvalue weighted by Gasteiger charge is 2.22. The second kappa shape index (κ2) is 5.50. The Morgan fingerprint density at radius 3 is 2.53 bits per heavy atom. The molecule has 1 saturated heterocycles. The molecule has 0 bridgehead atoms. The fourth-order valence-electron chi connectivity index (χ4n) is 1.49. The summed E-state index contributed by atoms with van der Waals surface area (Å²) in [5.74, 6) is 0.940. The van der Waals surface area contributed by atoms with Crippen LogP contribution in [-0.2, 0) is 4.74 Å². The zero-order valence-corrected chi connectivity index (χ0v) is 10.9. The number of hydrogen-bond donors (Lipinski definition) is 1. The molecule has 2 rings (SSSR count). The third-order valence-corrected chi connectivity index (χ3v) is 3.55. The molecule has 7 heteroatoms. The van der Waals surface area contributed by atoms with Gasteiger partial charge in [0.15, 0.2) is 5.16 Å². The van der Waals surface area contributed by atoms with E-state index in [0.29, 0.717) is 16.4 Å². The van der Waals surface area contributed by atoms with Crippen LogP contribution >= 0.6 is 11.8 Å². The number of aromatic nitrogens is 3. The second-order valence-corrected chi connectivity index (χ2v) is 4.99. The van der Waals surface area contributed by atoms with Crippen molar-refractivity contribution >= 4 is 23.7 Å². The van der Waals surface area contributed by atoms with Gasteiger partial charge in [0.25, 0.3) is 0 Å². The van der Waals surface area contributed by atoms with Crippen molar-refractivity contribution in [3.8, 4) is 0 Å². The summed E-state index contributed by atoms with van der Waals surface area (Å²) in [4.78, 5) is 14.8. The van der Waals surface area contributed by atoms with E-state index >= 15 is 0 Å². The zero-order chi connectivity index (χ0) is 12.3. The summed E-state index contributed by atoms with van der Waals surface area (Å²) in [6.07, 6.45) is 0. The van der Waals surface area contributed by atoms with E-state index in [4.69, 9.17) is 10.5 Å². The van der Waals surface area contributed by atoms with Gasteiger partial charge in [-0.3, -0.25) is 0 Å². The number of anilines is 2. The minimum Gasteiger partial charge on any atom is -0.379 e. The molecule has 0 radical (unpaired) electrons. The highest BCUT2D eigenvalue weighted by atomic mass is 32.2. The molecule has 1 aliphatic rings. The maximum atomic E-state index is 5.71. The van der Waals surface area contributed by atoms with Crippen LogP contribution in [0.1, 0.15) is 13.8 Å². The van der Waals surface area contributed by atoms with Gasteiger partial charge in [0.2, 0.25) is 11.9 Å². The van der Waals surface area contributed by atoms with Gasteiger partial charge in [-0.1, -0.05) is 11.8 Å². The Hall–Kier alpha value is -1.08. The lowest BCUT2D eigenvalue weighted by Gasteiger charge is -2.25. The van der Waals surface area contributed by atoms with Gasteiger partial charge < -0.3 is 15.4 Å². The van der Waals surface area contributed by atoms with Gasteiger partial charge in [-0.15, -0.1) is 0 Å². The Labute approximate surface area is 105 Å². The van der Waals surface area contributed by atoms with Gasteiger partial charge in [0.05, 0.1) is 18.5 Å². The number of nitrogen functional groups attached to an aromatic ring is 1. The zero-order valence-electron chi connectivity index (χ0n) is 10.1. The van der Waals surface area contributed by atoms with Crippen LogP contribution in [0.15, 0.2) is 5.16 Å². The maximum absolute atomic E-state index is 5.71. The van der Waals surface area contributed by atoms with Gasteiger partial charge in [0.1, 0.15) is 0 Å². The Morgan fingerprint density at radius 2 is 2.00 bits per heavy atom. The monoisotopic (exact) mass is 255 g/mol. The predicted molar refractivity (Wildman–Crippen MR) is 68.3 cm³/mol. The fraction of sp³-hybridized carbons (Fsp3) is 0.700. The lowest BCUT2D eigenvalue weighted by molar-refractivity contribution is 0.0454. The summed E-state index contributed by atoms with van der Waals surface area (Å²) in [5.41, 5.74) is 5.71. The number of nitrogens with zero attached hydrogens (tertiary/aromatic N) is 4. The molecule has 1 aromatic heterocycles. The number of thioether (sulfide) groups is 1. The van der Waals surface area contributed by atoms with E-state index < -0.39 is 0 Å². The summed E-state index contributed by atoms with van der Waals surface area (Å²) in [7, 11) is 0. The van der Waals surface area contributed by atoms with E-state index in [1.54, 1.807) is 11.8 Å². The lowest BCUT2D eigenvalue weighted by Crippen LogP contribution is -2.30. The molecule has 6 nitrogen and oxygen atoms in total. The summed E-state index contributed by atoms with van der Waals surface area (Å²) < 4.78 is 5.12. The second-order valence-electron chi connectivity index (χ2n) is 3.73. The standard InChI is InChI=1S/C10H17N5OS/c1-3-15(4-2)9-12-8(11)13-10(14-9)17-7-5-16-6-7/h7H,3-6H2,1-2H3,(H2,11,12,13,14). The molecule has 1 aromatic rings. The van der Waals surface area contributed by atoms with Gasteiger partial charge >= 0.3 is 0 Å². The van der Waals surface area contributed by atoms with Crippen LogP contribution in [-0.4, -0.2) is 46.5 Å². The van der Waals surface area contributed by atoms with Crippen molar-refractivity contribution in [2.45, 2.75) is 24.3 Å². The van der Waals surface area contributed by atoms with E-state index in [9.17, 15) is 0 Å². The van der Waals surface area contributed by atoms with E-state index in [1.807, 2.05) is 0 Å². The lowest BCUT2D eigenvalue weighted by atomic mass is 10.4. The van der Waals surface area contributed by atoms with Crippen molar-refractivity contribution in [3.05, 3.63) is 0 Å². The Balaban J connectivity index is 2.15. The first-order chi connectivity index (χ1) is 8.22. The fourth-order valence-corrected chi connectivity index (χ4v) is 2.40. The number of hydrogen-bond acceptors (Lipinski definition) is 7. The minimum absolute atomic E-state index is 0.282. The average molecular weight is 255 g/mol. The molecule has 0 amide bonds. The van der Waals surface area contributed by atoms with Crippen molar-refractivity contribution in [1.82, 2.24) is 15.0 Å². The van der Waals surface area contributed by atoms with Crippen molar-refractivity contribution in [2.75, 3.05) is 36.9 Å². The highest BCUT2D eigenvalue weighted by molar-refractivity contribution is 7.99. The average Bonchev–Trinajstić information content (AvgIpc) is 2.25.